The van der Waals surface area contributed by atoms with Crippen LogP contribution in [-0.2, 0) is 29.3 Å². The maximum absolute atomic E-state index is 12.0. The molecule has 1 aliphatic heterocycles. The van der Waals surface area contributed by atoms with Crippen LogP contribution in [0, 0.1) is 0 Å². The van der Waals surface area contributed by atoms with Crippen LogP contribution < -0.4 is 5.32 Å². The summed E-state index contributed by atoms with van der Waals surface area (Å²) >= 11 is 0. The van der Waals surface area contributed by atoms with Crippen molar-refractivity contribution in [2.45, 2.75) is 6.92 Å². The van der Waals surface area contributed by atoms with E-state index in [-0.39, 0.29) is 18.1 Å². The average Bonchev–Trinajstić information content (AvgIpc) is 2.15. The maximum Gasteiger partial charge on any atom is 0.323 e. The Hall–Kier alpha value is -0.670. The van der Waals surface area contributed by atoms with Crippen molar-refractivity contribution in [1.82, 2.24) is 5.32 Å². The Bertz CT molecular complexity index is 478. The summed E-state index contributed by atoms with van der Waals surface area (Å²) in [6, 6.07) is 0. The number of hydrogen-bond donors (Lipinski definition) is 1. The van der Waals surface area contributed by atoms with Gasteiger partial charge in [-0.25, -0.2) is 12.6 Å². The summed E-state index contributed by atoms with van der Waals surface area (Å²) in [6.45, 7) is 2.62. The van der Waals surface area contributed by atoms with E-state index in [9.17, 15) is 17.4 Å². The van der Waals surface area contributed by atoms with Gasteiger partial charge in [0, 0.05) is 24.6 Å². The van der Waals surface area contributed by atoms with Gasteiger partial charge in [0.05, 0.1) is 16.3 Å². The molecule has 0 bridgehead atoms. The fourth-order valence-corrected chi connectivity index (χ4v) is 5.32. The molecule has 1 heterocycles. The molecule has 0 amide bonds. The van der Waals surface area contributed by atoms with E-state index in [1.165, 1.54) is 0 Å². The van der Waals surface area contributed by atoms with E-state index < -0.39 is 31.5 Å². The van der Waals surface area contributed by atoms with Crippen molar-refractivity contribution in [2.24, 2.45) is 3.77 Å². The Morgan fingerprint density at radius 3 is 2.53 bits per heavy atom. The van der Waals surface area contributed by atoms with Gasteiger partial charge in [-0.1, -0.05) is 0 Å². The van der Waals surface area contributed by atoms with Crippen LogP contribution in [0.3, 0.4) is 0 Å². The van der Waals surface area contributed by atoms with Gasteiger partial charge in [-0.15, -0.1) is 3.77 Å². The molecular formula is C8H16N2O5S2. The third-order valence-corrected chi connectivity index (χ3v) is 6.33. The molecule has 0 aliphatic carbocycles. The Labute approximate surface area is 101 Å². The summed E-state index contributed by atoms with van der Waals surface area (Å²) in [7, 11) is -6.76. The number of rotatable bonds is 4. The Morgan fingerprint density at radius 2 is 2.00 bits per heavy atom. The van der Waals surface area contributed by atoms with E-state index >= 15 is 0 Å². The normalized spacial score (nSPS) is 19.6. The van der Waals surface area contributed by atoms with Gasteiger partial charge in [-0.3, -0.25) is 4.79 Å². The fraction of sp³-hybridized carbons (Fsp3) is 0.875. The quantitative estimate of drug-likeness (QED) is 0.661. The molecule has 1 fully saturated rings. The van der Waals surface area contributed by atoms with Crippen molar-refractivity contribution < 1.29 is 22.2 Å². The first-order chi connectivity index (χ1) is 7.87. The van der Waals surface area contributed by atoms with Gasteiger partial charge in [0.1, 0.15) is 0 Å². The highest BCUT2D eigenvalue weighted by Gasteiger charge is 2.22. The number of carbonyl (C=O) groups is 1. The van der Waals surface area contributed by atoms with E-state index in [4.69, 9.17) is 0 Å². The molecule has 9 heteroatoms. The SMILES string of the molecule is CCOC(=O)CS(=O)(=O)N=S1(=O)CCNCC1. The third kappa shape index (κ3) is 5.00. The van der Waals surface area contributed by atoms with Gasteiger partial charge in [0.25, 0.3) is 10.0 Å². The lowest BCUT2D eigenvalue weighted by atomic mass is 10.6. The van der Waals surface area contributed by atoms with E-state index in [0.717, 1.165) is 0 Å². The zero-order chi connectivity index (χ0) is 12.9. The molecule has 0 spiro atoms. The molecule has 0 saturated carbocycles. The summed E-state index contributed by atoms with van der Waals surface area (Å²) in [5.41, 5.74) is 0. The van der Waals surface area contributed by atoms with Crippen LogP contribution in [0.5, 0.6) is 0 Å². The molecule has 100 valence electrons. The average molecular weight is 284 g/mol. The second-order valence-electron chi connectivity index (χ2n) is 3.54. The van der Waals surface area contributed by atoms with Gasteiger partial charge in [0.2, 0.25) is 0 Å². The minimum atomic E-state index is -4.01. The van der Waals surface area contributed by atoms with E-state index in [2.05, 4.69) is 13.8 Å². The topological polar surface area (TPSA) is 102 Å². The highest BCUT2D eigenvalue weighted by atomic mass is 32.3. The molecular weight excluding hydrogens is 268 g/mol. The number of ether oxygens (including phenoxy) is 1. The van der Waals surface area contributed by atoms with Gasteiger partial charge in [-0.2, -0.15) is 0 Å². The summed E-state index contributed by atoms with van der Waals surface area (Å²) < 4.78 is 43.0. The molecule has 17 heavy (non-hydrogen) atoms. The molecule has 7 nitrogen and oxygen atoms in total. The molecule has 0 unspecified atom stereocenters. The van der Waals surface area contributed by atoms with Crippen molar-refractivity contribution in [2.75, 3.05) is 37.0 Å². The Balaban J connectivity index is 2.81. The van der Waals surface area contributed by atoms with E-state index in [1.54, 1.807) is 6.92 Å². The zero-order valence-electron chi connectivity index (χ0n) is 9.55. The van der Waals surface area contributed by atoms with Crippen molar-refractivity contribution >= 4 is 25.7 Å². The van der Waals surface area contributed by atoms with E-state index in [0.29, 0.717) is 13.1 Å². The molecule has 0 atom stereocenters. The predicted molar refractivity (Wildman–Crippen MR) is 63.6 cm³/mol. The predicted octanol–water partition coefficient (Wildman–Crippen LogP) is -1.05. The zero-order valence-corrected chi connectivity index (χ0v) is 11.2. The number of sulfonamides is 1. The minimum Gasteiger partial charge on any atom is -0.465 e. The number of hydrogen-bond acceptors (Lipinski definition) is 6. The first-order valence-corrected chi connectivity index (χ1v) is 8.66. The van der Waals surface area contributed by atoms with Gasteiger partial charge < -0.3 is 10.1 Å². The third-order valence-electron chi connectivity index (χ3n) is 2.05. The molecule has 0 radical (unpaired) electrons. The first-order valence-electron chi connectivity index (χ1n) is 5.20. The molecule has 1 N–H and O–H groups in total. The number of nitrogens with one attached hydrogen (secondary N) is 1. The fourth-order valence-electron chi connectivity index (χ4n) is 1.35. The molecule has 0 aromatic rings. The second kappa shape index (κ2) is 5.78. The first kappa shape index (κ1) is 14.4. The van der Waals surface area contributed by atoms with Crippen LogP contribution in [-0.4, -0.2) is 55.6 Å². The molecule has 1 aliphatic rings. The summed E-state index contributed by atoms with van der Waals surface area (Å²) in [5.74, 6) is -1.33. The lowest BCUT2D eigenvalue weighted by Gasteiger charge is -2.16. The van der Waals surface area contributed by atoms with Crippen molar-refractivity contribution in [3.05, 3.63) is 0 Å². The summed E-state index contributed by atoms with van der Waals surface area (Å²) in [6.07, 6.45) is 0. The molecule has 1 rings (SSSR count). The van der Waals surface area contributed by atoms with Crippen LogP contribution in [0.2, 0.25) is 0 Å². The number of esters is 1. The Morgan fingerprint density at radius 1 is 1.41 bits per heavy atom. The highest BCUT2D eigenvalue weighted by Crippen LogP contribution is 2.06. The van der Waals surface area contributed by atoms with Gasteiger partial charge >= 0.3 is 5.97 Å². The monoisotopic (exact) mass is 284 g/mol. The second-order valence-corrected chi connectivity index (χ2v) is 7.95. The van der Waals surface area contributed by atoms with Gasteiger partial charge in [0.15, 0.2) is 5.75 Å². The Kier molecular flexibility index (Phi) is 4.90. The highest BCUT2D eigenvalue weighted by molar-refractivity contribution is 8.03. The van der Waals surface area contributed by atoms with Crippen LogP contribution in [0.25, 0.3) is 0 Å². The van der Waals surface area contributed by atoms with Crippen molar-refractivity contribution in [1.29, 1.82) is 0 Å². The van der Waals surface area contributed by atoms with Crippen LogP contribution >= 0.6 is 0 Å². The van der Waals surface area contributed by atoms with Crippen LogP contribution in [0.15, 0.2) is 3.77 Å². The van der Waals surface area contributed by atoms with Crippen LogP contribution in [0.1, 0.15) is 6.92 Å². The number of carbonyl (C=O) groups excluding carboxylic acids is 1. The summed E-state index contributed by atoms with van der Waals surface area (Å²) in [5, 5.41) is 2.96. The van der Waals surface area contributed by atoms with E-state index in [1.807, 2.05) is 0 Å². The number of nitrogens with zero attached hydrogens (tertiary/aromatic N) is 1. The van der Waals surface area contributed by atoms with Crippen LogP contribution in [0.4, 0.5) is 0 Å². The van der Waals surface area contributed by atoms with Crippen molar-refractivity contribution in [3.63, 3.8) is 0 Å². The smallest absolute Gasteiger partial charge is 0.323 e. The molecule has 0 aromatic heterocycles. The molecule has 0 aromatic carbocycles. The van der Waals surface area contributed by atoms with Crippen molar-refractivity contribution in [3.8, 4) is 0 Å². The largest absolute Gasteiger partial charge is 0.465 e. The van der Waals surface area contributed by atoms with Gasteiger partial charge in [-0.05, 0) is 6.92 Å². The minimum absolute atomic E-state index is 0.105. The standard InChI is InChI=1S/C8H16N2O5S2/c1-2-15-8(11)7-17(13,14)10-16(12)5-3-9-4-6-16/h9H,2-7H2,1H3. The lowest BCUT2D eigenvalue weighted by Crippen LogP contribution is -2.36. The lowest BCUT2D eigenvalue weighted by molar-refractivity contribution is -0.139. The molecule has 1 saturated heterocycles. The maximum atomic E-state index is 12.0. The summed E-state index contributed by atoms with van der Waals surface area (Å²) in [4.78, 5) is 11.0.